The Hall–Kier alpha value is -4.81. The van der Waals surface area contributed by atoms with E-state index in [4.69, 9.17) is 0 Å². The van der Waals surface area contributed by atoms with Gasteiger partial charge in [0.15, 0.2) is 5.82 Å². The summed E-state index contributed by atoms with van der Waals surface area (Å²) in [5.41, 5.74) is -5.32. The number of pyridine rings is 1. The zero-order chi connectivity index (χ0) is 31.1. The van der Waals surface area contributed by atoms with Gasteiger partial charge in [-0.2, -0.15) is 36.7 Å². The van der Waals surface area contributed by atoms with Crippen LogP contribution < -0.4 is 16.4 Å². The van der Waals surface area contributed by atoms with Gasteiger partial charge in [0.05, 0.1) is 34.0 Å². The maximum atomic E-state index is 15.1. The van der Waals surface area contributed by atoms with E-state index in [0.717, 1.165) is 18.3 Å². The minimum atomic E-state index is -4.91. The van der Waals surface area contributed by atoms with Gasteiger partial charge in [-0.25, -0.2) is 19.5 Å². The lowest BCUT2D eigenvalue weighted by molar-refractivity contribution is -0.139. The lowest BCUT2D eigenvalue weighted by atomic mass is 9.85. The van der Waals surface area contributed by atoms with Gasteiger partial charge in [0.2, 0.25) is 0 Å². The molecule has 4 aromatic rings. The van der Waals surface area contributed by atoms with Crippen LogP contribution in [0.3, 0.4) is 0 Å². The number of nitrogens with one attached hydrogen (secondary N) is 2. The van der Waals surface area contributed by atoms with E-state index in [1.165, 1.54) is 10.8 Å². The molecule has 9 nitrogen and oxygen atoms in total. The molecule has 1 aromatic carbocycles. The average molecular weight is 607 g/mol. The van der Waals surface area contributed by atoms with Crippen LogP contribution in [0.25, 0.3) is 22.2 Å². The summed E-state index contributed by atoms with van der Waals surface area (Å²) in [6.45, 7) is 0.0762. The third kappa shape index (κ3) is 6.06. The van der Waals surface area contributed by atoms with Crippen molar-refractivity contribution < 1.29 is 30.7 Å². The molecule has 1 aliphatic rings. The summed E-state index contributed by atoms with van der Waals surface area (Å²) in [6, 6.07) is 3.47. The number of halogens is 7. The molecule has 0 aliphatic heterocycles. The predicted molar refractivity (Wildman–Crippen MR) is 138 cm³/mol. The van der Waals surface area contributed by atoms with Crippen molar-refractivity contribution in [1.29, 1.82) is 5.26 Å². The van der Waals surface area contributed by atoms with Crippen LogP contribution >= 0.6 is 0 Å². The molecule has 0 spiro atoms. The Labute approximate surface area is 237 Å². The van der Waals surface area contributed by atoms with Crippen molar-refractivity contribution in [3.63, 3.8) is 0 Å². The summed E-state index contributed by atoms with van der Waals surface area (Å²) in [5, 5.41) is 17.7. The number of fused-ring (bicyclic) bond motifs is 1. The van der Waals surface area contributed by atoms with Crippen molar-refractivity contribution in [2.75, 3.05) is 5.32 Å². The zero-order valence-corrected chi connectivity index (χ0v) is 21.9. The monoisotopic (exact) mass is 607 g/mol. The highest BCUT2D eigenvalue weighted by atomic mass is 19.4. The molecule has 1 saturated carbocycles. The summed E-state index contributed by atoms with van der Waals surface area (Å²) in [4.78, 5) is 32.3. The Balaban J connectivity index is 1.42. The first-order valence-electron chi connectivity index (χ1n) is 12.8. The van der Waals surface area contributed by atoms with Crippen LogP contribution in [0, 0.1) is 23.1 Å². The summed E-state index contributed by atoms with van der Waals surface area (Å²) >= 11 is 0. The second-order valence-corrected chi connectivity index (χ2v) is 10.1. The van der Waals surface area contributed by atoms with E-state index in [0.29, 0.717) is 38.1 Å². The van der Waals surface area contributed by atoms with E-state index < -0.39 is 52.1 Å². The average Bonchev–Trinajstić information content (AvgIpc) is 2.93. The number of nitriles is 1. The Morgan fingerprint density at radius 2 is 1.74 bits per heavy atom. The van der Waals surface area contributed by atoms with Crippen LogP contribution in [0.2, 0.25) is 0 Å². The number of benzene rings is 1. The molecule has 0 amide bonds. The van der Waals surface area contributed by atoms with E-state index in [9.17, 15) is 41.2 Å². The minimum absolute atomic E-state index is 0.0161. The summed E-state index contributed by atoms with van der Waals surface area (Å²) < 4.78 is 95.3. The molecule has 0 bridgehead atoms. The summed E-state index contributed by atoms with van der Waals surface area (Å²) in [6.07, 6.45) is -4.41. The van der Waals surface area contributed by atoms with Gasteiger partial charge in [-0.1, -0.05) is 6.42 Å². The molecule has 1 fully saturated rings. The standard InChI is InChI=1S/C27H20F7N7O2/c28-20-6-18-17(5-19(20)23-36-8-15(9-37-23)26(29,30)31)14(7-35)12-41(25(18)43)11-13-2-1-3-16(4-13)39-21-10-38-40-24(42)22(21)27(32,33)34/h5-6,8-10,12-13,16H,1-4,11H2,(H2,39,40,42)/t13-,16+/m1/s1. The van der Waals surface area contributed by atoms with Crippen LogP contribution in [-0.2, 0) is 18.9 Å². The fourth-order valence-corrected chi connectivity index (χ4v) is 5.30. The molecule has 3 heterocycles. The highest BCUT2D eigenvalue weighted by molar-refractivity contribution is 5.90. The van der Waals surface area contributed by atoms with E-state index >= 15 is 4.39 Å². The fraction of sp³-hybridized carbons (Fsp3) is 0.333. The van der Waals surface area contributed by atoms with E-state index in [1.54, 1.807) is 5.10 Å². The summed E-state index contributed by atoms with van der Waals surface area (Å²) in [7, 11) is 0. The molecule has 3 aromatic heterocycles. The maximum absolute atomic E-state index is 15.1. The third-order valence-electron chi connectivity index (χ3n) is 7.25. The molecular formula is C27H20F7N7O2. The van der Waals surface area contributed by atoms with Crippen molar-refractivity contribution in [2.24, 2.45) is 5.92 Å². The fourth-order valence-electron chi connectivity index (χ4n) is 5.30. The first-order valence-corrected chi connectivity index (χ1v) is 12.8. The van der Waals surface area contributed by atoms with Gasteiger partial charge in [0, 0.05) is 36.6 Å². The number of anilines is 1. The normalized spacial score (nSPS) is 17.5. The molecule has 16 heteroatoms. The predicted octanol–water partition coefficient (Wildman–Crippen LogP) is 5.26. The molecular weight excluding hydrogens is 587 g/mol. The molecule has 2 N–H and O–H groups in total. The number of nitrogens with zero attached hydrogens (tertiary/aromatic N) is 5. The molecule has 0 saturated heterocycles. The Kier molecular flexibility index (Phi) is 7.67. The maximum Gasteiger partial charge on any atom is 0.423 e. The number of aromatic nitrogens is 5. The largest absolute Gasteiger partial charge is 0.423 e. The quantitative estimate of drug-likeness (QED) is 0.296. The van der Waals surface area contributed by atoms with E-state index in [2.05, 4.69) is 20.4 Å². The number of alkyl halides is 6. The van der Waals surface area contributed by atoms with Crippen molar-refractivity contribution in [3.8, 4) is 17.5 Å². The van der Waals surface area contributed by atoms with Crippen molar-refractivity contribution in [3.05, 3.63) is 80.1 Å². The van der Waals surface area contributed by atoms with Crippen molar-refractivity contribution in [2.45, 2.75) is 50.6 Å². The van der Waals surface area contributed by atoms with Crippen LogP contribution in [0.5, 0.6) is 0 Å². The molecule has 224 valence electrons. The van der Waals surface area contributed by atoms with Crippen LogP contribution in [0.15, 0.2) is 46.5 Å². The highest BCUT2D eigenvalue weighted by Gasteiger charge is 2.38. The van der Waals surface area contributed by atoms with Crippen LogP contribution in [0.4, 0.5) is 36.4 Å². The van der Waals surface area contributed by atoms with Gasteiger partial charge in [-0.15, -0.1) is 0 Å². The smallest absolute Gasteiger partial charge is 0.380 e. The molecule has 5 rings (SSSR count). The Morgan fingerprint density at radius 1 is 1.02 bits per heavy atom. The highest BCUT2D eigenvalue weighted by Crippen LogP contribution is 2.35. The van der Waals surface area contributed by atoms with Gasteiger partial charge in [-0.05, 0) is 37.3 Å². The number of hydrogen-bond donors (Lipinski definition) is 2. The molecule has 0 unspecified atom stereocenters. The zero-order valence-electron chi connectivity index (χ0n) is 21.9. The molecule has 2 atom stereocenters. The second kappa shape index (κ2) is 11.1. The van der Waals surface area contributed by atoms with E-state index in [-0.39, 0.29) is 40.2 Å². The first kappa shape index (κ1) is 29.7. The van der Waals surface area contributed by atoms with Crippen molar-refractivity contribution in [1.82, 2.24) is 24.7 Å². The van der Waals surface area contributed by atoms with E-state index in [1.807, 2.05) is 6.07 Å². The lowest BCUT2D eigenvalue weighted by Crippen LogP contribution is -2.34. The summed E-state index contributed by atoms with van der Waals surface area (Å²) in [5.74, 6) is -1.58. The van der Waals surface area contributed by atoms with Crippen LogP contribution in [-0.4, -0.2) is 30.8 Å². The SMILES string of the molecule is N#Cc1cn(C[C@@H]2CCC[C@H](Nc3cn[nH]c(=O)c3C(F)(F)F)C2)c(=O)c2cc(F)c(-c3ncc(C(F)(F)F)cn3)cc12. The number of H-pyrrole nitrogens is 1. The Bertz CT molecular complexity index is 1840. The van der Waals surface area contributed by atoms with Gasteiger partial charge < -0.3 is 9.88 Å². The number of aromatic amines is 1. The van der Waals surface area contributed by atoms with Crippen molar-refractivity contribution >= 4 is 16.5 Å². The number of hydrogen-bond acceptors (Lipinski definition) is 7. The topological polar surface area (TPSA) is 129 Å². The first-order chi connectivity index (χ1) is 20.3. The lowest BCUT2D eigenvalue weighted by Gasteiger charge is -2.31. The molecule has 1 aliphatic carbocycles. The second-order valence-electron chi connectivity index (χ2n) is 10.1. The number of rotatable bonds is 5. The van der Waals surface area contributed by atoms with Gasteiger partial charge in [-0.3, -0.25) is 9.59 Å². The van der Waals surface area contributed by atoms with Crippen LogP contribution in [0.1, 0.15) is 42.4 Å². The van der Waals surface area contributed by atoms with Gasteiger partial charge in [0.1, 0.15) is 17.4 Å². The van der Waals surface area contributed by atoms with Gasteiger partial charge in [0.25, 0.3) is 11.1 Å². The molecule has 0 radical (unpaired) electrons. The Morgan fingerprint density at radius 3 is 2.40 bits per heavy atom. The van der Waals surface area contributed by atoms with Gasteiger partial charge >= 0.3 is 12.4 Å². The minimum Gasteiger partial charge on any atom is -0.380 e. The molecule has 43 heavy (non-hydrogen) atoms. The third-order valence-corrected chi connectivity index (χ3v) is 7.25.